The predicted molar refractivity (Wildman–Crippen MR) is 142 cm³/mol. The molecule has 37 heavy (non-hydrogen) atoms. The van der Waals surface area contributed by atoms with Crippen molar-refractivity contribution >= 4 is 40.2 Å². The summed E-state index contributed by atoms with van der Waals surface area (Å²) in [6.07, 6.45) is 3.35. The molecule has 0 amide bonds. The van der Waals surface area contributed by atoms with Crippen molar-refractivity contribution in [2.75, 3.05) is 32.5 Å². The summed E-state index contributed by atoms with van der Waals surface area (Å²) in [6.45, 7) is 2.12. The molecule has 0 radical (unpaired) electrons. The summed E-state index contributed by atoms with van der Waals surface area (Å²) >= 11 is 7.73. The van der Waals surface area contributed by atoms with E-state index in [1.165, 1.54) is 24.0 Å². The van der Waals surface area contributed by atoms with Gasteiger partial charge in [-0.05, 0) is 68.0 Å². The molecular formula is C27H30ClF2N3O3S. The molecule has 10 heteroatoms. The minimum Gasteiger partial charge on any atom is -0.497 e. The van der Waals surface area contributed by atoms with Crippen LogP contribution in [0, 0.1) is 17.7 Å². The maximum atomic E-state index is 15.6. The van der Waals surface area contributed by atoms with Crippen LogP contribution in [0.15, 0.2) is 47.8 Å². The second-order valence-electron chi connectivity index (χ2n) is 9.29. The van der Waals surface area contributed by atoms with Crippen molar-refractivity contribution < 1.29 is 23.4 Å². The molecule has 0 spiro atoms. The van der Waals surface area contributed by atoms with Crippen molar-refractivity contribution in [2.24, 2.45) is 11.8 Å². The maximum absolute atomic E-state index is 15.6. The van der Waals surface area contributed by atoms with Gasteiger partial charge >= 0.3 is 5.97 Å². The van der Waals surface area contributed by atoms with E-state index in [-0.39, 0.29) is 35.5 Å². The Hall–Kier alpha value is -2.49. The number of carboxylic acids is 1. The summed E-state index contributed by atoms with van der Waals surface area (Å²) < 4.78 is 34.7. The first-order valence-electron chi connectivity index (χ1n) is 12.3. The van der Waals surface area contributed by atoms with Gasteiger partial charge < -0.3 is 14.7 Å². The summed E-state index contributed by atoms with van der Waals surface area (Å²) in [6, 6.07) is 8.25. The summed E-state index contributed by atoms with van der Waals surface area (Å²) in [5.41, 5.74) is 1.04. The third-order valence-corrected chi connectivity index (χ3v) is 8.22. The molecule has 3 heterocycles. The molecule has 0 aliphatic carbocycles. The van der Waals surface area contributed by atoms with E-state index >= 15 is 4.39 Å². The van der Waals surface area contributed by atoms with E-state index in [0.29, 0.717) is 52.5 Å². The van der Waals surface area contributed by atoms with Crippen LogP contribution in [-0.2, 0) is 4.79 Å². The number of rotatable bonds is 11. The number of halogens is 3. The molecule has 1 N–H and O–H groups in total. The fourth-order valence-corrected chi connectivity index (χ4v) is 6.21. The van der Waals surface area contributed by atoms with Crippen LogP contribution in [0.25, 0.3) is 10.9 Å². The van der Waals surface area contributed by atoms with Gasteiger partial charge in [-0.1, -0.05) is 11.6 Å². The average molecular weight is 550 g/mol. The second kappa shape index (κ2) is 12.8. The molecule has 3 aromatic rings. The van der Waals surface area contributed by atoms with Crippen LogP contribution in [0.4, 0.5) is 8.78 Å². The van der Waals surface area contributed by atoms with Crippen LogP contribution in [0.1, 0.15) is 37.4 Å². The number of thioether (sulfide) groups is 1. The van der Waals surface area contributed by atoms with Crippen molar-refractivity contribution in [3.63, 3.8) is 0 Å². The van der Waals surface area contributed by atoms with Crippen molar-refractivity contribution in [3.8, 4) is 5.75 Å². The van der Waals surface area contributed by atoms with Crippen LogP contribution < -0.4 is 4.74 Å². The van der Waals surface area contributed by atoms with E-state index in [9.17, 15) is 14.3 Å². The molecule has 198 valence electrons. The van der Waals surface area contributed by atoms with Gasteiger partial charge in [0.1, 0.15) is 16.9 Å². The second-order valence-corrected chi connectivity index (χ2v) is 10.8. The van der Waals surface area contributed by atoms with Gasteiger partial charge in [0.2, 0.25) is 0 Å². The monoisotopic (exact) mass is 549 g/mol. The number of alkyl halides is 1. The van der Waals surface area contributed by atoms with Crippen molar-refractivity contribution in [2.45, 2.75) is 36.9 Å². The topological polar surface area (TPSA) is 75.5 Å². The summed E-state index contributed by atoms with van der Waals surface area (Å²) in [5, 5.41) is 10.8. The minimum absolute atomic E-state index is 0.0380. The number of likely N-dealkylation sites (tertiary alicyclic amines) is 1. The number of pyridine rings is 2. The zero-order valence-corrected chi connectivity index (χ0v) is 22.2. The van der Waals surface area contributed by atoms with Gasteiger partial charge in [-0.15, -0.1) is 11.8 Å². The molecule has 1 aliphatic rings. The zero-order valence-electron chi connectivity index (χ0n) is 20.6. The van der Waals surface area contributed by atoms with E-state index in [1.54, 1.807) is 37.6 Å². The van der Waals surface area contributed by atoms with E-state index in [4.69, 9.17) is 16.3 Å². The zero-order chi connectivity index (χ0) is 26.4. The van der Waals surface area contributed by atoms with Gasteiger partial charge in [0.15, 0.2) is 5.82 Å². The number of aliphatic carboxylic acids is 1. The van der Waals surface area contributed by atoms with E-state index in [2.05, 4.69) is 14.9 Å². The molecule has 0 saturated carbocycles. The number of carbonyl (C=O) groups is 1. The first-order valence-corrected chi connectivity index (χ1v) is 13.7. The van der Waals surface area contributed by atoms with Gasteiger partial charge in [-0.3, -0.25) is 9.78 Å². The smallest absolute Gasteiger partial charge is 0.303 e. The van der Waals surface area contributed by atoms with Gasteiger partial charge in [0.25, 0.3) is 0 Å². The first-order chi connectivity index (χ1) is 17.9. The fraction of sp³-hybridized carbons (Fsp3) is 0.444. The molecule has 1 saturated heterocycles. The van der Waals surface area contributed by atoms with Crippen LogP contribution in [-0.4, -0.2) is 58.4 Å². The third kappa shape index (κ3) is 7.09. The molecule has 1 aliphatic heterocycles. The Labute approximate surface area is 224 Å². The molecular weight excluding hydrogens is 520 g/mol. The molecule has 1 aromatic carbocycles. The molecule has 2 aromatic heterocycles. The Balaban J connectivity index is 1.38. The van der Waals surface area contributed by atoms with E-state index in [0.717, 1.165) is 13.0 Å². The number of nitrogens with zero attached hydrogens (tertiary/aromatic N) is 3. The molecule has 0 unspecified atom stereocenters. The van der Waals surface area contributed by atoms with E-state index < -0.39 is 12.1 Å². The third-order valence-electron chi connectivity index (χ3n) is 6.96. The normalized spacial score (nSPS) is 19.1. The Morgan fingerprint density at radius 1 is 1.32 bits per heavy atom. The average Bonchev–Trinajstić information content (AvgIpc) is 2.88. The van der Waals surface area contributed by atoms with Crippen LogP contribution in [0.3, 0.4) is 0 Å². The largest absolute Gasteiger partial charge is 0.497 e. The highest BCUT2D eigenvalue weighted by molar-refractivity contribution is 7.99. The number of aromatic nitrogens is 2. The lowest BCUT2D eigenvalue weighted by Gasteiger charge is -2.38. The summed E-state index contributed by atoms with van der Waals surface area (Å²) in [4.78, 5) is 22.2. The highest BCUT2D eigenvalue weighted by Crippen LogP contribution is 2.39. The summed E-state index contributed by atoms with van der Waals surface area (Å²) in [5.74, 6) is 0.0721. The number of hydrogen-bond donors (Lipinski definition) is 1. The lowest BCUT2D eigenvalue weighted by Crippen LogP contribution is -2.42. The molecule has 1 fully saturated rings. The van der Waals surface area contributed by atoms with Gasteiger partial charge in [-0.2, -0.15) is 0 Å². The Morgan fingerprint density at radius 3 is 2.92 bits per heavy atom. The van der Waals surface area contributed by atoms with Crippen molar-refractivity contribution in [1.29, 1.82) is 0 Å². The number of fused-ring (bicyclic) bond motifs is 1. The lowest BCUT2D eigenvalue weighted by atomic mass is 9.79. The number of methoxy groups -OCH3 is 1. The SMILES string of the molecule is COc1ccc2ncc(Cl)c([C@@H](F)CC[C@@H]3CCN(CCSc4ncccc4F)C[C@@H]3CC(=O)O)c2c1. The minimum atomic E-state index is -1.31. The predicted octanol–water partition coefficient (Wildman–Crippen LogP) is 6.43. The Morgan fingerprint density at radius 2 is 2.16 bits per heavy atom. The Kier molecular flexibility index (Phi) is 9.56. The first kappa shape index (κ1) is 27.5. The lowest BCUT2D eigenvalue weighted by molar-refractivity contribution is -0.139. The number of piperidine rings is 1. The number of benzene rings is 1. The Bertz CT molecular complexity index is 1230. The van der Waals surface area contributed by atoms with Crippen LogP contribution in [0.5, 0.6) is 5.75 Å². The highest BCUT2D eigenvalue weighted by atomic mass is 35.5. The summed E-state index contributed by atoms with van der Waals surface area (Å²) in [7, 11) is 1.55. The number of carboxylic acid groups (broad SMARTS) is 1. The molecule has 3 atom stereocenters. The van der Waals surface area contributed by atoms with Crippen molar-refractivity contribution in [3.05, 3.63) is 59.1 Å². The fourth-order valence-electron chi connectivity index (χ4n) is 5.06. The van der Waals surface area contributed by atoms with Gasteiger partial charge in [0.05, 0.1) is 17.6 Å². The maximum Gasteiger partial charge on any atom is 0.303 e. The van der Waals surface area contributed by atoms with Gasteiger partial charge in [-0.25, -0.2) is 13.8 Å². The quantitative estimate of drug-likeness (QED) is 0.276. The van der Waals surface area contributed by atoms with Crippen LogP contribution in [0.2, 0.25) is 5.02 Å². The standard InChI is InChI=1S/C27H30ClF2N3O3S/c1-36-19-5-7-24-20(14-19)26(21(28)15-32-24)22(29)6-4-17-8-10-33(16-18(17)13-25(34)35)11-12-37-27-23(30)3-2-9-31-27/h2-3,5,7,9,14-15,17-18,22H,4,6,8,10-13,16H2,1H3,(H,34,35)/t17-,18+,22+/m1/s1. The number of ether oxygens (including phenoxy) is 1. The van der Waals surface area contributed by atoms with E-state index in [1.807, 2.05) is 0 Å². The molecule has 4 rings (SSSR count). The molecule has 0 bridgehead atoms. The van der Waals surface area contributed by atoms with Crippen LogP contribution >= 0.6 is 23.4 Å². The number of hydrogen-bond acceptors (Lipinski definition) is 6. The molecule has 6 nitrogen and oxygen atoms in total. The highest BCUT2D eigenvalue weighted by Gasteiger charge is 2.31. The van der Waals surface area contributed by atoms with Crippen molar-refractivity contribution in [1.82, 2.24) is 14.9 Å². The van der Waals surface area contributed by atoms with Gasteiger partial charge in [0, 0.05) is 48.6 Å².